The van der Waals surface area contributed by atoms with E-state index in [4.69, 9.17) is 14.5 Å². The summed E-state index contributed by atoms with van der Waals surface area (Å²) in [5, 5.41) is 4.34. The highest BCUT2D eigenvalue weighted by Crippen LogP contribution is 2.60. The van der Waals surface area contributed by atoms with E-state index >= 15 is 0 Å². The first kappa shape index (κ1) is 30.3. The number of fused-ring (bicyclic) bond motifs is 4. The monoisotopic (exact) mass is 655 g/mol. The number of halogens is 1. The van der Waals surface area contributed by atoms with Crippen molar-refractivity contribution in [1.29, 1.82) is 0 Å². The van der Waals surface area contributed by atoms with Gasteiger partial charge in [-0.2, -0.15) is 0 Å². The number of carbonyl (C=O) groups is 2. The number of pyridine rings is 2. The molecule has 3 fully saturated rings. The van der Waals surface area contributed by atoms with Crippen LogP contribution in [0.3, 0.4) is 0 Å². The van der Waals surface area contributed by atoms with E-state index in [9.17, 15) is 9.59 Å². The van der Waals surface area contributed by atoms with Crippen molar-refractivity contribution in [3.63, 3.8) is 0 Å². The highest BCUT2D eigenvalue weighted by molar-refractivity contribution is 9.10. The van der Waals surface area contributed by atoms with Crippen molar-refractivity contribution < 1.29 is 19.1 Å². The number of aromatic nitrogens is 2. The molecule has 3 aliphatic rings. The maximum Gasteiger partial charge on any atom is 0.312 e. The molecular weight excluding hydrogens is 618 g/mol. The number of amides is 1. The maximum absolute atomic E-state index is 14.7. The summed E-state index contributed by atoms with van der Waals surface area (Å²) in [6.07, 6.45) is 4.79. The first-order chi connectivity index (χ1) is 21.0. The van der Waals surface area contributed by atoms with E-state index in [2.05, 4.69) is 26.2 Å². The lowest BCUT2D eigenvalue weighted by atomic mass is 9.51. The topological polar surface area (TPSA) is 90.4 Å². The smallest absolute Gasteiger partial charge is 0.312 e. The first-order valence-electron chi connectivity index (χ1n) is 15.2. The van der Waals surface area contributed by atoms with Crippen LogP contribution in [0.1, 0.15) is 80.3 Å². The Morgan fingerprint density at radius 3 is 2.41 bits per heavy atom. The fraction of sp³-hybridized carbons (Fsp3) is 0.389. The Labute approximate surface area is 266 Å². The largest absolute Gasteiger partial charge is 0.481 e. The Bertz CT molecular complexity index is 1740. The summed E-state index contributed by atoms with van der Waals surface area (Å²) < 4.78 is 12.6. The minimum Gasteiger partial charge on any atom is -0.481 e. The van der Waals surface area contributed by atoms with Crippen LogP contribution in [0.5, 0.6) is 5.88 Å². The van der Waals surface area contributed by atoms with Crippen molar-refractivity contribution in [3.8, 4) is 17.1 Å². The highest BCUT2D eigenvalue weighted by Gasteiger charge is 2.60. The van der Waals surface area contributed by atoms with Crippen molar-refractivity contribution in [2.75, 3.05) is 7.11 Å². The molecule has 1 N–H and O–H groups in total. The number of hydrogen-bond donors (Lipinski definition) is 1. The van der Waals surface area contributed by atoms with Gasteiger partial charge in [-0.25, -0.2) is 9.97 Å². The van der Waals surface area contributed by atoms with E-state index in [1.165, 1.54) is 0 Å². The van der Waals surface area contributed by atoms with Crippen LogP contribution in [-0.2, 0) is 9.53 Å². The molecule has 44 heavy (non-hydrogen) atoms. The van der Waals surface area contributed by atoms with Gasteiger partial charge in [0.1, 0.15) is 5.60 Å². The van der Waals surface area contributed by atoms with Crippen LogP contribution < -0.4 is 10.1 Å². The summed E-state index contributed by atoms with van der Waals surface area (Å²) in [7, 11) is 1.61. The zero-order valence-corrected chi connectivity index (χ0v) is 27.5. The Kier molecular flexibility index (Phi) is 7.77. The van der Waals surface area contributed by atoms with Crippen molar-refractivity contribution in [2.45, 2.75) is 76.9 Å². The lowest BCUT2D eigenvalue weighted by molar-refractivity contribution is -0.176. The van der Waals surface area contributed by atoms with Crippen molar-refractivity contribution >= 4 is 38.7 Å². The molecule has 7 rings (SSSR count). The number of methoxy groups -OCH3 is 1. The van der Waals surface area contributed by atoms with Gasteiger partial charge in [-0.3, -0.25) is 9.59 Å². The quantitative estimate of drug-likeness (QED) is 0.212. The molecule has 2 bridgehead atoms. The van der Waals surface area contributed by atoms with Crippen LogP contribution in [-0.4, -0.2) is 40.1 Å². The van der Waals surface area contributed by atoms with Gasteiger partial charge in [0, 0.05) is 38.6 Å². The standard InChI is InChI=1S/C36H38BrN3O4/c1-22-29(26-20-24(37)13-14-28(26)39-30(22)23-10-7-6-8-11-23)31(41)40-36-17-15-35(16-18-36,33(42)44-34(2,3)4)21-27(36)25-12-9-19-38-32(25)43-5/h6-14,19-20,27H,15-18,21H2,1-5H3,(H,40,41). The molecule has 3 aliphatic carbocycles. The van der Waals surface area contributed by atoms with Crippen molar-refractivity contribution in [1.82, 2.24) is 15.3 Å². The minimum absolute atomic E-state index is 0.148. The zero-order valence-electron chi connectivity index (χ0n) is 25.9. The Morgan fingerprint density at radius 1 is 1.00 bits per heavy atom. The molecule has 228 valence electrons. The molecular formula is C36H38BrN3O4. The van der Waals surface area contributed by atoms with Gasteiger partial charge in [-0.15, -0.1) is 0 Å². The van der Waals surface area contributed by atoms with E-state index in [0.717, 1.165) is 37.8 Å². The first-order valence-corrected chi connectivity index (χ1v) is 15.9. The third-order valence-electron chi connectivity index (χ3n) is 9.39. The van der Waals surface area contributed by atoms with Gasteiger partial charge >= 0.3 is 5.97 Å². The number of rotatable bonds is 6. The molecule has 0 saturated heterocycles. The van der Waals surface area contributed by atoms with E-state index in [1.54, 1.807) is 13.3 Å². The molecule has 0 aliphatic heterocycles. The molecule has 1 amide bonds. The third kappa shape index (κ3) is 5.38. The predicted molar refractivity (Wildman–Crippen MR) is 175 cm³/mol. The van der Waals surface area contributed by atoms with Gasteiger partial charge in [-0.1, -0.05) is 52.3 Å². The molecule has 0 radical (unpaired) electrons. The fourth-order valence-corrected chi connectivity index (χ4v) is 7.60. The number of nitrogens with one attached hydrogen (secondary N) is 1. The molecule has 2 aromatic heterocycles. The van der Waals surface area contributed by atoms with Crippen LogP contribution in [0.4, 0.5) is 0 Å². The third-order valence-corrected chi connectivity index (χ3v) is 9.88. The van der Waals surface area contributed by atoms with E-state index in [0.29, 0.717) is 43.5 Å². The van der Waals surface area contributed by atoms with Crippen LogP contribution >= 0.6 is 15.9 Å². The molecule has 1 atom stereocenters. The van der Waals surface area contributed by atoms with Gasteiger partial charge in [0.15, 0.2) is 0 Å². The van der Waals surface area contributed by atoms with Gasteiger partial charge in [0.05, 0.1) is 29.3 Å². The van der Waals surface area contributed by atoms with Gasteiger partial charge in [0.2, 0.25) is 5.88 Å². The summed E-state index contributed by atoms with van der Waals surface area (Å²) in [4.78, 5) is 37.8. The average Bonchev–Trinajstić information content (AvgIpc) is 3.00. The molecule has 2 aromatic carbocycles. The molecule has 8 heteroatoms. The Balaban J connectivity index is 1.45. The predicted octanol–water partition coefficient (Wildman–Crippen LogP) is 7.93. The summed E-state index contributed by atoms with van der Waals surface area (Å²) >= 11 is 3.60. The highest BCUT2D eigenvalue weighted by atomic mass is 79.9. The number of esters is 1. The van der Waals surface area contributed by atoms with Crippen molar-refractivity contribution in [3.05, 3.63) is 88.0 Å². The van der Waals surface area contributed by atoms with Crippen LogP contribution in [0.15, 0.2) is 71.3 Å². The van der Waals surface area contributed by atoms with Gasteiger partial charge in [-0.05, 0) is 89.6 Å². The van der Waals surface area contributed by atoms with E-state index in [-0.39, 0.29) is 17.8 Å². The lowest BCUT2D eigenvalue weighted by Gasteiger charge is -2.57. The SMILES string of the molecule is COc1ncccc1C1CC2(C(=O)OC(C)(C)C)CCC1(NC(=O)c1c(C)c(-c3ccccc3)nc3ccc(Br)cc13)CC2. The summed E-state index contributed by atoms with van der Waals surface area (Å²) in [6.45, 7) is 7.69. The summed E-state index contributed by atoms with van der Waals surface area (Å²) in [5.41, 5.74) is 3.00. The van der Waals surface area contributed by atoms with Crippen LogP contribution in [0, 0.1) is 12.3 Å². The minimum atomic E-state index is -0.629. The number of carbonyl (C=O) groups excluding carboxylic acids is 2. The molecule has 3 saturated carbocycles. The lowest BCUT2D eigenvalue weighted by Crippen LogP contribution is -2.62. The number of hydrogen-bond acceptors (Lipinski definition) is 6. The van der Waals surface area contributed by atoms with Gasteiger partial charge in [0.25, 0.3) is 5.91 Å². The van der Waals surface area contributed by atoms with Crippen LogP contribution in [0.25, 0.3) is 22.2 Å². The molecule has 4 aromatic rings. The molecule has 7 nitrogen and oxygen atoms in total. The van der Waals surface area contributed by atoms with Crippen molar-refractivity contribution in [2.24, 2.45) is 5.41 Å². The van der Waals surface area contributed by atoms with E-state index < -0.39 is 16.6 Å². The fourth-order valence-electron chi connectivity index (χ4n) is 7.23. The molecule has 2 heterocycles. The number of ether oxygens (including phenoxy) is 2. The summed E-state index contributed by atoms with van der Waals surface area (Å²) in [6, 6.07) is 19.7. The average molecular weight is 657 g/mol. The number of benzene rings is 2. The normalized spacial score (nSPS) is 22.9. The zero-order chi connectivity index (χ0) is 31.3. The second kappa shape index (κ2) is 11.3. The summed E-state index contributed by atoms with van der Waals surface area (Å²) in [5.74, 6) is 0.00761. The molecule has 0 spiro atoms. The number of nitrogens with zero attached hydrogens (tertiary/aromatic N) is 2. The van der Waals surface area contributed by atoms with Gasteiger partial charge < -0.3 is 14.8 Å². The molecule has 1 unspecified atom stereocenters. The Hall–Kier alpha value is -3.78. The second-order valence-electron chi connectivity index (χ2n) is 13.2. The van der Waals surface area contributed by atoms with E-state index in [1.807, 2.05) is 88.4 Å². The maximum atomic E-state index is 14.7. The second-order valence-corrected chi connectivity index (χ2v) is 14.2. The Morgan fingerprint density at radius 2 is 1.73 bits per heavy atom. The van der Waals surface area contributed by atoms with Crippen LogP contribution in [0.2, 0.25) is 0 Å².